The van der Waals surface area contributed by atoms with Crippen LogP contribution in [-0.4, -0.2) is 11.7 Å². The first-order valence-electron chi connectivity index (χ1n) is 4.18. The number of aliphatic hydroxyl groups is 1. The minimum Gasteiger partial charge on any atom is -0.396 e. The summed E-state index contributed by atoms with van der Waals surface area (Å²) in [5.41, 5.74) is 1.67. The van der Waals surface area contributed by atoms with E-state index in [9.17, 15) is 4.39 Å². The zero-order chi connectivity index (χ0) is 9.84. The van der Waals surface area contributed by atoms with Crippen LogP contribution in [0.4, 0.5) is 4.39 Å². The van der Waals surface area contributed by atoms with Crippen molar-refractivity contribution < 1.29 is 9.50 Å². The molecule has 3 heteroatoms. The first-order valence-corrected chi connectivity index (χ1v) is 4.97. The van der Waals surface area contributed by atoms with E-state index in [0.717, 1.165) is 10.0 Å². The number of alkyl halides is 1. The van der Waals surface area contributed by atoms with Gasteiger partial charge in [-0.15, -0.1) is 0 Å². The van der Waals surface area contributed by atoms with Crippen LogP contribution < -0.4 is 0 Å². The lowest BCUT2D eigenvalue weighted by Crippen LogP contribution is -1.93. The van der Waals surface area contributed by atoms with Crippen LogP contribution in [0.5, 0.6) is 0 Å². The van der Waals surface area contributed by atoms with Gasteiger partial charge in [-0.3, -0.25) is 0 Å². The van der Waals surface area contributed by atoms with Gasteiger partial charge in [-0.2, -0.15) is 0 Å². The molecule has 1 atom stereocenters. The second-order valence-corrected chi connectivity index (χ2v) is 3.80. The fraction of sp³-hybridized carbons (Fsp3) is 0.400. The van der Waals surface area contributed by atoms with Crippen LogP contribution in [0, 0.1) is 0 Å². The normalized spacial score (nSPS) is 12.9. The maximum Gasteiger partial charge on any atom is 0.123 e. The molecule has 0 aliphatic heterocycles. The van der Waals surface area contributed by atoms with E-state index in [1.807, 2.05) is 12.1 Å². The molecule has 0 aromatic heterocycles. The summed E-state index contributed by atoms with van der Waals surface area (Å²) >= 11 is 3.30. The Morgan fingerprint density at radius 2 is 2.23 bits per heavy atom. The predicted octanol–water partition coefficient (Wildman–Crippen LogP) is 3.01. The Bertz CT molecular complexity index is 286. The highest BCUT2D eigenvalue weighted by atomic mass is 79.9. The summed E-state index contributed by atoms with van der Waals surface area (Å²) in [6.07, 6.45) is -0.350. The Labute approximate surface area is 85.7 Å². The minimum atomic E-state index is -0.961. The van der Waals surface area contributed by atoms with E-state index in [-0.39, 0.29) is 6.61 Å². The second kappa shape index (κ2) is 4.72. The molecule has 0 spiro atoms. The minimum absolute atomic E-state index is 0.122. The molecule has 1 rings (SSSR count). The molecule has 13 heavy (non-hydrogen) atoms. The van der Waals surface area contributed by atoms with Crippen molar-refractivity contribution in [2.24, 2.45) is 0 Å². The van der Waals surface area contributed by atoms with Gasteiger partial charge in [0, 0.05) is 11.1 Å². The molecule has 0 fully saturated rings. The highest BCUT2D eigenvalue weighted by Gasteiger charge is 2.07. The average Bonchev–Trinajstić information content (AvgIpc) is 2.04. The van der Waals surface area contributed by atoms with Crippen LogP contribution in [0.1, 0.15) is 24.2 Å². The molecule has 1 unspecified atom stereocenters. The van der Waals surface area contributed by atoms with E-state index >= 15 is 0 Å². The van der Waals surface area contributed by atoms with Gasteiger partial charge in [-0.1, -0.05) is 28.1 Å². The zero-order valence-electron chi connectivity index (χ0n) is 7.43. The van der Waals surface area contributed by atoms with Gasteiger partial charge in [-0.25, -0.2) is 4.39 Å². The number of rotatable bonds is 3. The van der Waals surface area contributed by atoms with Crippen LogP contribution in [0.2, 0.25) is 0 Å². The van der Waals surface area contributed by atoms with Gasteiger partial charge in [0.25, 0.3) is 0 Å². The fourth-order valence-electron chi connectivity index (χ4n) is 1.18. The topological polar surface area (TPSA) is 20.2 Å². The molecular weight excluding hydrogens is 235 g/mol. The summed E-state index contributed by atoms with van der Waals surface area (Å²) in [7, 11) is 0. The molecule has 1 N–H and O–H groups in total. The van der Waals surface area contributed by atoms with Crippen molar-refractivity contribution in [1.82, 2.24) is 0 Å². The van der Waals surface area contributed by atoms with Crippen molar-refractivity contribution in [1.29, 1.82) is 0 Å². The van der Waals surface area contributed by atoms with Gasteiger partial charge in [0.2, 0.25) is 0 Å². The predicted molar refractivity (Wildman–Crippen MR) is 54.5 cm³/mol. The highest BCUT2D eigenvalue weighted by molar-refractivity contribution is 9.10. The lowest BCUT2D eigenvalue weighted by Gasteiger charge is -2.07. The van der Waals surface area contributed by atoms with E-state index < -0.39 is 6.17 Å². The molecule has 0 amide bonds. The first kappa shape index (κ1) is 10.7. The summed E-state index contributed by atoms with van der Waals surface area (Å²) in [5, 5.41) is 8.70. The highest BCUT2D eigenvalue weighted by Crippen LogP contribution is 2.26. The van der Waals surface area contributed by atoms with E-state index in [4.69, 9.17) is 5.11 Å². The fourth-order valence-corrected chi connectivity index (χ4v) is 1.92. The van der Waals surface area contributed by atoms with Crippen molar-refractivity contribution in [3.8, 4) is 0 Å². The third kappa shape index (κ3) is 2.78. The van der Waals surface area contributed by atoms with Gasteiger partial charge in [-0.05, 0) is 30.5 Å². The molecule has 72 valence electrons. The number of hydrogen-bond acceptors (Lipinski definition) is 1. The monoisotopic (exact) mass is 246 g/mol. The van der Waals surface area contributed by atoms with Gasteiger partial charge in [0.05, 0.1) is 0 Å². The van der Waals surface area contributed by atoms with E-state index in [1.54, 1.807) is 6.07 Å². The smallest absolute Gasteiger partial charge is 0.123 e. The first-order chi connectivity index (χ1) is 6.15. The van der Waals surface area contributed by atoms with Crippen molar-refractivity contribution in [2.45, 2.75) is 19.5 Å². The summed E-state index contributed by atoms with van der Waals surface area (Å²) in [4.78, 5) is 0. The lowest BCUT2D eigenvalue weighted by molar-refractivity contribution is 0.299. The van der Waals surface area contributed by atoms with Crippen molar-refractivity contribution in [3.05, 3.63) is 33.8 Å². The molecule has 0 aliphatic rings. The largest absolute Gasteiger partial charge is 0.396 e. The Morgan fingerprint density at radius 1 is 1.54 bits per heavy atom. The Balaban J connectivity index is 2.92. The van der Waals surface area contributed by atoms with Crippen molar-refractivity contribution >= 4 is 15.9 Å². The van der Waals surface area contributed by atoms with Crippen LogP contribution in [0.15, 0.2) is 22.7 Å². The van der Waals surface area contributed by atoms with Gasteiger partial charge < -0.3 is 5.11 Å². The van der Waals surface area contributed by atoms with Crippen molar-refractivity contribution in [3.63, 3.8) is 0 Å². The summed E-state index contributed by atoms with van der Waals surface area (Å²) in [5.74, 6) is 0. The molecule has 0 bridgehead atoms. The summed E-state index contributed by atoms with van der Waals surface area (Å²) in [6.45, 7) is 1.63. The van der Waals surface area contributed by atoms with Crippen LogP contribution in [-0.2, 0) is 6.42 Å². The van der Waals surface area contributed by atoms with Gasteiger partial charge in [0.15, 0.2) is 0 Å². The number of aliphatic hydroxyl groups excluding tert-OH is 1. The molecule has 0 saturated carbocycles. The molecule has 1 aromatic rings. The van der Waals surface area contributed by atoms with Gasteiger partial charge >= 0.3 is 0 Å². The van der Waals surface area contributed by atoms with Crippen LogP contribution in [0.3, 0.4) is 0 Å². The summed E-state index contributed by atoms with van der Waals surface area (Å²) in [6, 6.07) is 5.44. The lowest BCUT2D eigenvalue weighted by atomic mass is 10.1. The standard InChI is InChI=1S/C10H12BrFO/c1-7(12)9-3-2-8(4-5-13)6-10(9)11/h2-3,6-7,13H,4-5H2,1H3. The molecule has 0 aliphatic carbocycles. The number of benzene rings is 1. The maximum absolute atomic E-state index is 12.9. The molecule has 1 nitrogen and oxygen atoms in total. The molecule has 1 aromatic carbocycles. The Morgan fingerprint density at radius 3 is 2.69 bits per heavy atom. The van der Waals surface area contributed by atoms with Crippen LogP contribution in [0.25, 0.3) is 0 Å². The van der Waals surface area contributed by atoms with E-state index in [2.05, 4.69) is 15.9 Å². The number of hydrogen-bond donors (Lipinski definition) is 1. The second-order valence-electron chi connectivity index (χ2n) is 2.95. The zero-order valence-corrected chi connectivity index (χ0v) is 9.01. The molecule has 0 heterocycles. The molecule has 0 radical (unpaired) electrons. The third-order valence-corrected chi connectivity index (χ3v) is 2.58. The quantitative estimate of drug-likeness (QED) is 0.870. The van der Waals surface area contributed by atoms with Crippen LogP contribution >= 0.6 is 15.9 Å². The van der Waals surface area contributed by atoms with E-state index in [0.29, 0.717) is 12.0 Å². The van der Waals surface area contributed by atoms with E-state index in [1.165, 1.54) is 6.92 Å². The molecular formula is C10H12BrFO. The summed E-state index contributed by atoms with van der Waals surface area (Å²) < 4.78 is 13.7. The SMILES string of the molecule is CC(F)c1ccc(CCO)cc1Br. The molecule has 0 saturated heterocycles. The average molecular weight is 247 g/mol. The van der Waals surface area contributed by atoms with Crippen molar-refractivity contribution in [2.75, 3.05) is 6.61 Å². The number of halogens is 2. The maximum atomic E-state index is 12.9. The Hall–Kier alpha value is -0.410. The Kier molecular flexibility index (Phi) is 3.88. The van der Waals surface area contributed by atoms with Gasteiger partial charge in [0.1, 0.15) is 6.17 Å². The third-order valence-electron chi connectivity index (χ3n) is 1.89.